The Hall–Kier alpha value is -0.590. The van der Waals surface area contributed by atoms with Gasteiger partial charge in [-0.05, 0) is 24.3 Å². The van der Waals surface area contributed by atoms with Gasteiger partial charge in [0.25, 0.3) is 0 Å². The number of ketones is 1. The van der Waals surface area contributed by atoms with Crippen molar-refractivity contribution in [1.29, 1.82) is 0 Å². The lowest BCUT2D eigenvalue weighted by Gasteiger charge is -2.08. The molecule has 10 heavy (non-hydrogen) atoms. The molecule has 0 aromatic carbocycles. The fraction of sp³-hybridized carbons (Fsp3) is 0.667. The van der Waals surface area contributed by atoms with Gasteiger partial charge in [0, 0.05) is 6.42 Å². The van der Waals surface area contributed by atoms with E-state index in [1.54, 1.807) is 0 Å². The highest BCUT2D eigenvalue weighted by atomic mass is 16.1. The van der Waals surface area contributed by atoms with Crippen LogP contribution < -0.4 is 0 Å². The molecule has 0 spiro atoms. The van der Waals surface area contributed by atoms with Crippen molar-refractivity contribution in [2.45, 2.75) is 27.2 Å². The Balaban J connectivity index is 2.65. The maximum Gasteiger partial charge on any atom is 0.158 e. The minimum Gasteiger partial charge on any atom is -0.295 e. The maximum absolute atomic E-state index is 11.0. The third kappa shape index (κ3) is 1.28. The molecule has 1 rings (SSSR count). The summed E-state index contributed by atoms with van der Waals surface area (Å²) in [6.45, 7) is 6.23. The fourth-order valence-corrected chi connectivity index (χ4v) is 1.28. The summed E-state index contributed by atoms with van der Waals surface area (Å²) < 4.78 is 0. The van der Waals surface area contributed by atoms with Crippen molar-refractivity contribution >= 4 is 5.78 Å². The van der Waals surface area contributed by atoms with Crippen LogP contribution in [0.3, 0.4) is 0 Å². The van der Waals surface area contributed by atoms with Crippen LogP contribution in [0, 0.1) is 11.8 Å². The topological polar surface area (TPSA) is 17.1 Å². The van der Waals surface area contributed by atoms with Crippen LogP contribution in [0.2, 0.25) is 0 Å². The van der Waals surface area contributed by atoms with Gasteiger partial charge in [0.15, 0.2) is 5.78 Å². The molecule has 1 aliphatic carbocycles. The largest absolute Gasteiger partial charge is 0.295 e. The molecule has 1 unspecified atom stereocenters. The highest BCUT2D eigenvalue weighted by Gasteiger charge is 2.22. The zero-order valence-corrected chi connectivity index (χ0v) is 6.85. The van der Waals surface area contributed by atoms with E-state index in [-0.39, 0.29) is 0 Å². The predicted octanol–water partition coefficient (Wildman–Crippen LogP) is 2.18. The summed E-state index contributed by atoms with van der Waals surface area (Å²) in [6.07, 6.45) is 2.84. The van der Waals surface area contributed by atoms with E-state index in [0.29, 0.717) is 17.6 Å². The molecule has 0 saturated carbocycles. The lowest BCUT2D eigenvalue weighted by Crippen LogP contribution is -2.04. The summed E-state index contributed by atoms with van der Waals surface area (Å²) in [5, 5.41) is 0. The Morgan fingerprint density at radius 1 is 1.60 bits per heavy atom. The zero-order valence-electron chi connectivity index (χ0n) is 6.85. The summed E-state index contributed by atoms with van der Waals surface area (Å²) in [6, 6.07) is 0. The molecule has 56 valence electrons. The van der Waals surface area contributed by atoms with Gasteiger partial charge in [-0.3, -0.25) is 4.79 Å². The van der Waals surface area contributed by atoms with Crippen molar-refractivity contribution in [2.24, 2.45) is 11.8 Å². The first kappa shape index (κ1) is 7.52. The molecular weight excluding hydrogens is 124 g/mol. The smallest absolute Gasteiger partial charge is 0.158 e. The third-order valence-electron chi connectivity index (χ3n) is 2.18. The van der Waals surface area contributed by atoms with Gasteiger partial charge in [0.2, 0.25) is 0 Å². The number of carbonyl (C=O) groups is 1. The van der Waals surface area contributed by atoms with E-state index in [9.17, 15) is 4.79 Å². The van der Waals surface area contributed by atoms with Crippen molar-refractivity contribution in [2.75, 3.05) is 0 Å². The Bertz CT molecular complexity index is 177. The number of carbonyl (C=O) groups excluding carboxylic acids is 1. The molecule has 0 radical (unpaired) electrons. The Morgan fingerprint density at radius 3 is 2.40 bits per heavy atom. The highest BCUT2D eigenvalue weighted by molar-refractivity contribution is 5.97. The first-order valence-corrected chi connectivity index (χ1v) is 3.83. The first-order valence-electron chi connectivity index (χ1n) is 3.83. The van der Waals surface area contributed by atoms with E-state index in [4.69, 9.17) is 0 Å². The molecule has 0 aromatic heterocycles. The van der Waals surface area contributed by atoms with Gasteiger partial charge in [0.1, 0.15) is 0 Å². The van der Waals surface area contributed by atoms with Crippen LogP contribution in [0.25, 0.3) is 0 Å². The molecule has 0 saturated heterocycles. The lowest BCUT2D eigenvalue weighted by molar-refractivity contribution is -0.115. The minimum atomic E-state index is 0.332. The second-order valence-corrected chi connectivity index (χ2v) is 3.38. The van der Waals surface area contributed by atoms with Crippen LogP contribution in [0.1, 0.15) is 27.2 Å². The van der Waals surface area contributed by atoms with Crippen molar-refractivity contribution in [1.82, 2.24) is 0 Å². The van der Waals surface area contributed by atoms with Crippen molar-refractivity contribution < 1.29 is 4.79 Å². The first-order chi connectivity index (χ1) is 4.61. The second-order valence-electron chi connectivity index (χ2n) is 3.38. The molecule has 0 aliphatic heterocycles. The second kappa shape index (κ2) is 2.57. The van der Waals surface area contributed by atoms with E-state index in [1.165, 1.54) is 0 Å². The molecule has 0 fully saturated rings. The van der Waals surface area contributed by atoms with E-state index >= 15 is 0 Å². The van der Waals surface area contributed by atoms with E-state index in [0.717, 1.165) is 12.0 Å². The number of rotatable bonds is 1. The third-order valence-corrected chi connectivity index (χ3v) is 2.18. The summed E-state index contributed by atoms with van der Waals surface area (Å²) in [4.78, 5) is 11.0. The SMILES string of the molecule is CC1=CC(C(C)C)CC1=O. The van der Waals surface area contributed by atoms with Crippen LogP contribution >= 0.6 is 0 Å². The van der Waals surface area contributed by atoms with Gasteiger partial charge in [-0.1, -0.05) is 19.9 Å². The van der Waals surface area contributed by atoms with E-state index in [2.05, 4.69) is 19.9 Å². The van der Waals surface area contributed by atoms with Crippen LogP contribution in [-0.2, 0) is 4.79 Å². The maximum atomic E-state index is 11.0. The van der Waals surface area contributed by atoms with Crippen molar-refractivity contribution in [3.05, 3.63) is 11.6 Å². The van der Waals surface area contributed by atoms with Gasteiger partial charge < -0.3 is 0 Å². The van der Waals surface area contributed by atoms with E-state index < -0.39 is 0 Å². The average Bonchev–Trinajstić information content (AvgIpc) is 2.13. The molecule has 1 aliphatic rings. The average molecular weight is 138 g/mol. The van der Waals surface area contributed by atoms with E-state index in [1.807, 2.05) is 6.92 Å². The van der Waals surface area contributed by atoms with Crippen molar-refractivity contribution in [3.63, 3.8) is 0 Å². The summed E-state index contributed by atoms with van der Waals surface area (Å²) in [5.74, 6) is 1.45. The quantitative estimate of drug-likeness (QED) is 0.542. The number of hydrogen-bond acceptors (Lipinski definition) is 1. The Labute approximate surface area is 62.1 Å². The Morgan fingerprint density at radius 2 is 2.20 bits per heavy atom. The molecule has 1 heteroatoms. The molecule has 0 N–H and O–H groups in total. The predicted molar refractivity (Wildman–Crippen MR) is 41.7 cm³/mol. The van der Waals surface area contributed by atoms with Gasteiger partial charge >= 0.3 is 0 Å². The molecule has 0 heterocycles. The monoisotopic (exact) mass is 138 g/mol. The van der Waals surface area contributed by atoms with Crippen LogP contribution in [0.15, 0.2) is 11.6 Å². The number of Topliss-reactive ketones (excluding diaryl/α,β-unsaturated/α-hetero) is 1. The molecule has 1 atom stereocenters. The van der Waals surface area contributed by atoms with Gasteiger partial charge in [-0.25, -0.2) is 0 Å². The molecule has 0 aromatic rings. The normalized spacial score (nSPS) is 25.8. The zero-order chi connectivity index (χ0) is 7.72. The molecule has 1 nitrogen and oxygen atoms in total. The van der Waals surface area contributed by atoms with Gasteiger partial charge in [-0.2, -0.15) is 0 Å². The standard InChI is InChI=1S/C9H14O/c1-6(2)8-4-7(3)9(10)5-8/h4,6,8H,5H2,1-3H3. The van der Waals surface area contributed by atoms with Crippen LogP contribution in [0.5, 0.6) is 0 Å². The molecule has 0 bridgehead atoms. The fourth-order valence-electron chi connectivity index (χ4n) is 1.28. The summed E-state index contributed by atoms with van der Waals surface area (Å²) in [7, 11) is 0. The van der Waals surface area contributed by atoms with Gasteiger partial charge in [0.05, 0.1) is 0 Å². The number of hydrogen-bond donors (Lipinski definition) is 0. The minimum absolute atomic E-state index is 0.332. The van der Waals surface area contributed by atoms with Gasteiger partial charge in [-0.15, -0.1) is 0 Å². The lowest BCUT2D eigenvalue weighted by atomic mass is 9.96. The van der Waals surface area contributed by atoms with Crippen LogP contribution in [0.4, 0.5) is 0 Å². The summed E-state index contributed by atoms with van der Waals surface area (Å²) >= 11 is 0. The summed E-state index contributed by atoms with van der Waals surface area (Å²) in [5.41, 5.74) is 0.957. The van der Waals surface area contributed by atoms with Crippen LogP contribution in [-0.4, -0.2) is 5.78 Å². The highest BCUT2D eigenvalue weighted by Crippen LogP contribution is 2.26. The Kier molecular flexibility index (Phi) is 1.93. The molecular formula is C9H14O. The number of allylic oxidation sites excluding steroid dienone is 2. The molecule has 0 amide bonds. The van der Waals surface area contributed by atoms with Crippen molar-refractivity contribution in [3.8, 4) is 0 Å².